The van der Waals surface area contributed by atoms with Crippen LogP contribution in [0.1, 0.15) is 13.8 Å². The van der Waals surface area contributed by atoms with Crippen molar-refractivity contribution >= 4 is 17.4 Å². The molecule has 0 fully saturated rings. The molecule has 1 aromatic rings. The van der Waals surface area contributed by atoms with Crippen molar-refractivity contribution in [3.8, 4) is 18.2 Å². The lowest BCUT2D eigenvalue weighted by Gasteiger charge is -2.20. The molecule has 6 nitrogen and oxygen atoms in total. The summed E-state index contributed by atoms with van der Waals surface area (Å²) in [6.45, 7) is 4.18. The van der Waals surface area contributed by atoms with Crippen LogP contribution in [0.25, 0.3) is 0 Å². The Balaban J connectivity index is 1.73. The fourth-order valence-corrected chi connectivity index (χ4v) is 4.57. The van der Waals surface area contributed by atoms with Gasteiger partial charge in [-0.15, -0.1) is 0 Å². The van der Waals surface area contributed by atoms with Crippen molar-refractivity contribution in [2.75, 3.05) is 18.1 Å². The van der Waals surface area contributed by atoms with Gasteiger partial charge in [-0.1, -0.05) is 60.4 Å². The first kappa shape index (κ1) is 23.7. The second-order valence-electron chi connectivity index (χ2n) is 7.52. The van der Waals surface area contributed by atoms with Gasteiger partial charge in [0.1, 0.15) is 29.4 Å². The van der Waals surface area contributed by atoms with Gasteiger partial charge in [-0.2, -0.15) is 15.8 Å². The fourth-order valence-electron chi connectivity index (χ4n) is 3.47. The minimum atomic E-state index is -0.825. The van der Waals surface area contributed by atoms with E-state index in [4.69, 9.17) is 15.3 Å². The molecular formula is C26H22N4O2S. The number of allylic oxidation sites excluding steroid dienone is 8. The van der Waals surface area contributed by atoms with Crippen LogP contribution in [-0.2, 0) is 4.74 Å². The van der Waals surface area contributed by atoms with E-state index in [0.717, 1.165) is 15.6 Å². The van der Waals surface area contributed by atoms with Crippen LogP contribution in [0.4, 0.5) is 5.69 Å². The monoisotopic (exact) mass is 454 g/mol. The van der Waals surface area contributed by atoms with Crippen molar-refractivity contribution in [1.82, 2.24) is 0 Å². The fraction of sp³-hybridized carbons (Fsp3) is 0.192. The number of anilines is 1. The number of hydrogen-bond acceptors (Lipinski definition) is 7. The zero-order valence-electron chi connectivity index (χ0n) is 18.3. The van der Waals surface area contributed by atoms with E-state index < -0.39 is 5.60 Å². The maximum Gasteiger partial charge on any atom is 0.172 e. The molecule has 0 bridgehead atoms. The van der Waals surface area contributed by atoms with Gasteiger partial charge in [-0.3, -0.25) is 0 Å². The molecule has 1 aromatic carbocycles. The molecule has 164 valence electrons. The molecule has 0 atom stereocenters. The molecule has 2 aliphatic rings. The Labute approximate surface area is 198 Å². The van der Waals surface area contributed by atoms with E-state index in [-0.39, 0.29) is 23.5 Å². The number of ether oxygens (including phenoxy) is 1. The molecule has 1 N–H and O–H groups in total. The van der Waals surface area contributed by atoms with Crippen molar-refractivity contribution in [2.24, 2.45) is 0 Å². The average molecular weight is 455 g/mol. The van der Waals surface area contributed by atoms with Crippen LogP contribution in [-0.4, -0.2) is 23.9 Å². The molecule has 7 heteroatoms. The summed E-state index contributed by atoms with van der Waals surface area (Å²) in [6, 6.07) is 13.7. The third-order valence-corrected chi connectivity index (χ3v) is 6.10. The van der Waals surface area contributed by atoms with Crippen molar-refractivity contribution in [3.05, 3.63) is 94.3 Å². The normalized spacial score (nSPS) is 18.1. The van der Waals surface area contributed by atoms with Crippen LogP contribution >= 0.6 is 11.8 Å². The van der Waals surface area contributed by atoms with Crippen LogP contribution in [0.3, 0.4) is 0 Å². The highest BCUT2D eigenvalue weighted by Crippen LogP contribution is 2.45. The first-order valence-electron chi connectivity index (χ1n) is 10.2. The largest absolute Gasteiger partial charge is 0.480 e. The molecule has 0 saturated carbocycles. The van der Waals surface area contributed by atoms with Gasteiger partial charge in [0.05, 0.1) is 17.3 Å². The predicted octanol–water partition coefficient (Wildman–Crippen LogP) is 5.03. The number of rotatable bonds is 6. The van der Waals surface area contributed by atoms with Gasteiger partial charge in [0, 0.05) is 17.0 Å². The summed E-state index contributed by atoms with van der Waals surface area (Å²) in [5.41, 5.74) is 0.872. The Bertz CT molecular complexity index is 1230. The zero-order chi connectivity index (χ0) is 23.8. The third kappa shape index (κ3) is 5.10. The molecule has 2 aliphatic heterocycles. The molecule has 33 heavy (non-hydrogen) atoms. The van der Waals surface area contributed by atoms with Gasteiger partial charge in [0.15, 0.2) is 11.3 Å². The Morgan fingerprint density at radius 2 is 1.79 bits per heavy atom. The average Bonchev–Trinajstić information content (AvgIpc) is 3.28. The molecular weight excluding hydrogens is 432 g/mol. The number of nitriles is 3. The summed E-state index contributed by atoms with van der Waals surface area (Å²) in [6.07, 6.45) is 13.1. The second-order valence-corrected chi connectivity index (χ2v) is 8.58. The Hall–Kier alpha value is -3.96. The maximum atomic E-state index is 9.55. The molecule has 0 radical (unpaired) electrons. The van der Waals surface area contributed by atoms with E-state index in [2.05, 4.69) is 17.0 Å². The molecule has 0 unspecified atom stereocenters. The minimum Gasteiger partial charge on any atom is -0.480 e. The Morgan fingerprint density at radius 1 is 1.09 bits per heavy atom. The van der Waals surface area contributed by atoms with Crippen molar-refractivity contribution in [2.45, 2.75) is 24.3 Å². The summed E-state index contributed by atoms with van der Waals surface area (Å²) in [7, 11) is 0. The third-order valence-electron chi connectivity index (χ3n) is 4.97. The molecule has 2 heterocycles. The number of benzene rings is 1. The van der Waals surface area contributed by atoms with E-state index in [1.54, 1.807) is 49.9 Å². The Kier molecular flexibility index (Phi) is 7.59. The number of nitrogens with zero attached hydrogens (tertiary/aromatic N) is 4. The molecule has 0 aliphatic carbocycles. The lowest BCUT2D eigenvalue weighted by molar-refractivity contribution is 0.0954. The topological polar surface area (TPSA) is 104 Å². The number of aliphatic hydroxyl groups excluding tert-OH is 1. The highest BCUT2D eigenvalue weighted by Gasteiger charge is 2.38. The van der Waals surface area contributed by atoms with Crippen molar-refractivity contribution < 1.29 is 9.84 Å². The summed E-state index contributed by atoms with van der Waals surface area (Å²) >= 11 is 1.66. The minimum absolute atomic E-state index is 0.0325. The highest BCUT2D eigenvalue weighted by molar-refractivity contribution is 8.03. The maximum absolute atomic E-state index is 9.55. The first-order valence-corrected chi connectivity index (χ1v) is 11.0. The van der Waals surface area contributed by atoms with Gasteiger partial charge >= 0.3 is 0 Å². The summed E-state index contributed by atoms with van der Waals surface area (Å²) < 4.78 is 5.73. The standard InChI is InChI=1S/C26H22N4O2S/c1-26(2)21(20(18-29)25(32-26)19(16-27)17-28)10-6-4-3-5-7-13-24-30(14-15-31)22-11-8-9-12-23(22)33-24/h3-13,31H,14-15H2,1-2H3/b4-3+,7-5+,10-6+,24-13-. The lowest BCUT2D eigenvalue weighted by atomic mass is 9.95. The van der Waals surface area contributed by atoms with Crippen LogP contribution in [0.2, 0.25) is 0 Å². The van der Waals surface area contributed by atoms with E-state index in [1.807, 2.05) is 48.6 Å². The molecule has 0 spiro atoms. The smallest absolute Gasteiger partial charge is 0.172 e. The number of β-amino-alcohol motifs (C(OH)–C–C–N with tert-alkyl or cyclic N) is 1. The summed E-state index contributed by atoms with van der Waals surface area (Å²) in [4.78, 5) is 3.25. The number of aliphatic hydroxyl groups is 1. The van der Waals surface area contributed by atoms with Gasteiger partial charge in [0.2, 0.25) is 0 Å². The van der Waals surface area contributed by atoms with E-state index in [0.29, 0.717) is 12.1 Å². The van der Waals surface area contributed by atoms with Gasteiger partial charge in [-0.25, -0.2) is 0 Å². The second kappa shape index (κ2) is 10.6. The van der Waals surface area contributed by atoms with Crippen LogP contribution < -0.4 is 4.90 Å². The molecule has 0 saturated heterocycles. The van der Waals surface area contributed by atoms with Crippen LogP contribution in [0, 0.1) is 34.0 Å². The van der Waals surface area contributed by atoms with Gasteiger partial charge in [-0.05, 0) is 32.1 Å². The van der Waals surface area contributed by atoms with E-state index >= 15 is 0 Å². The van der Waals surface area contributed by atoms with Crippen LogP contribution in [0.15, 0.2) is 99.2 Å². The van der Waals surface area contributed by atoms with E-state index in [1.165, 1.54) is 0 Å². The van der Waals surface area contributed by atoms with Crippen LogP contribution in [0.5, 0.6) is 0 Å². The Morgan fingerprint density at radius 3 is 2.48 bits per heavy atom. The molecule has 0 amide bonds. The number of para-hydroxylation sites is 1. The van der Waals surface area contributed by atoms with Gasteiger partial charge < -0.3 is 14.7 Å². The van der Waals surface area contributed by atoms with Crippen molar-refractivity contribution in [3.63, 3.8) is 0 Å². The summed E-state index contributed by atoms with van der Waals surface area (Å²) in [5.74, 6) is 0.0325. The zero-order valence-corrected chi connectivity index (χ0v) is 19.1. The molecule has 3 rings (SSSR count). The van der Waals surface area contributed by atoms with Gasteiger partial charge in [0.25, 0.3) is 0 Å². The quantitative estimate of drug-likeness (QED) is 0.475. The molecule has 0 aromatic heterocycles. The predicted molar refractivity (Wildman–Crippen MR) is 128 cm³/mol. The van der Waals surface area contributed by atoms with Crippen molar-refractivity contribution in [1.29, 1.82) is 15.8 Å². The number of fused-ring (bicyclic) bond motifs is 1. The summed E-state index contributed by atoms with van der Waals surface area (Å²) in [5, 5.41) is 38.2. The highest BCUT2D eigenvalue weighted by atomic mass is 32.2. The first-order chi connectivity index (χ1) is 16.0. The van der Waals surface area contributed by atoms with E-state index in [9.17, 15) is 10.4 Å². The number of thioether (sulfide) groups is 1. The SMILES string of the molecule is CC1(C)OC(=C(C#N)C#N)C(C#N)=C1/C=C/C=C/C=C/C=C1\Sc2ccccc2N1CCO. The number of hydrogen-bond donors (Lipinski definition) is 1. The lowest BCUT2D eigenvalue weighted by Crippen LogP contribution is -2.21.